The van der Waals surface area contributed by atoms with Gasteiger partial charge in [-0.15, -0.1) is 0 Å². The van der Waals surface area contributed by atoms with Crippen LogP contribution in [0.4, 0.5) is 0 Å². The number of nitrogens with one attached hydrogen (secondary N) is 1. The van der Waals surface area contributed by atoms with E-state index in [1.165, 1.54) is 57.8 Å². The van der Waals surface area contributed by atoms with Crippen molar-refractivity contribution in [3.8, 4) is 0 Å². The lowest BCUT2D eigenvalue weighted by Gasteiger charge is -2.29. The van der Waals surface area contributed by atoms with Crippen molar-refractivity contribution in [3.63, 3.8) is 0 Å². The minimum absolute atomic E-state index is 0.0135. The monoisotopic (exact) mass is 857 g/mol. The number of quaternary nitrogens is 1. The molecule has 1 amide bonds. The highest BCUT2D eigenvalue weighted by Gasteiger charge is 2.23. The Morgan fingerprint density at radius 3 is 1.48 bits per heavy atom. The van der Waals surface area contributed by atoms with E-state index in [2.05, 4.69) is 104 Å². The van der Waals surface area contributed by atoms with Gasteiger partial charge in [0.05, 0.1) is 39.9 Å². The molecule has 0 radical (unpaired) electrons. The largest absolute Gasteiger partial charge is 0.756 e. The summed E-state index contributed by atoms with van der Waals surface area (Å²) in [6.45, 7) is 4.47. The van der Waals surface area contributed by atoms with Gasteiger partial charge >= 0.3 is 0 Å². The van der Waals surface area contributed by atoms with Gasteiger partial charge in [0, 0.05) is 6.42 Å². The van der Waals surface area contributed by atoms with Crippen LogP contribution >= 0.6 is 7.82 Å². The molecule has 0 aliphatic carbocycles. The Balaban J connectivity index is 4.44. The minimum atomic E-state index is -4.60. The standard InChI is InChI=1S/C51H89N2O6P/c1-6-8-10-12-14-16-18-20-21-22-23-24-25-26-27-28-29-30-31-33-35-37-39-41-43-45-51(55)52-49(48-59-60(56,57)58-47-46-53(3,4)5)50(54)44-42-40-38-36-34-32-19-17-15-13-11-9-7-2/h8,10,14,16,20-21,23-24,26-27,29-30,33,35,42,44,49-50,54H,6-7,9,11-13,15,17-19,22,25,28,31-32,34,36-41,43,45-48H2,1-5H3,(H-,52,55,56,57)/b10-8-,16-14-,21-20-,24-23-,27-26-,30-29-,35-33-,44-42+. The summed E-state index contributed by atoms with van der Waals surface area (Å²) in [5.74, 6) is -0.235. The Kier molecular flexibility index (Phi) is 40.0. The lowest BCUT2D eigenvalue weighted by molar-refractivity contribution is -0.870. The van der Waals surface area contributed by atoms with Crippen LogP contribution in [0.1, 0.15) is 168 Å². The topological polar surface area (TPSA) is 108 Å². The van der Waals surface area contributed by atoms with Gasteiger partial charge < -0.3 is 28.8 Å². The maximum absolute atomic E-state index is 12.9. The van der Waals surface area contributed by atoms with E-state index in [1.807, 2.05) is 27.2 Å². The van der Waals surface area contributed by atoms with Crippen molar-refractivity contribution in [3.05, 3.63) is 97.2 Å². The molecule has 0 aromatic heterocycles. The van der Waals surface area contributed by atoms with Crippen molar-refractivity contribution in [1.29, 1.82) is 0 Å². The number of hydrogen-bond donors (Lipinski definition) is 2. The van der Waals surface area contributed by atoms with Crippen LogP contribution < -0.4 is 10.2 Å². The molecule has 0 spiro atoms. The number of aliphatic hydroxyl groups excluding tert-OH is 1. The fourth-order valence-electron chi connectivity index (χ4n) is 6.07. The van der Waals surface area contributed by atoms with E-state index < -0.39 is 26.6 Å². The van der Waals surface area contributed by atoms with E-state index >= 15 is 0 Å². The molecule has 0 aromatic rings. The van der Waals surface area contributed by atoms with E-state index in [1.54, 1.807) is 6.08 Å². The van der Waals surface area contributed by atoms with E-state index in [0.29, 0.717) is 23.9 Å². The molecule has 3 atom stereocenters. The molecular formula is C51H89N2O6P. The van der Waals surface area contributed by atoms with Gasteiger partial charge in [0.15, 0.2) is 0 Å². The van der Waals surface area contributed by atoms with Crippen LogP contribution in [0.5, 0.6) is 0 Å². The summed E-state index contributed by atoms with van der Waals surface area (Å²) in [4.78, 5) is 25.3. The fraction of sp³-hybridized carbons (Fsp3) is 0.667. The third kappa shape index (κ3) is 43.5. The second-order valence-corrected chi connectivity index (χ2v) is 18.1. The highest BCUT2D eigenvalue weighted by molar-refractivity contribution is 7.45. The maximum Gasteiger partial charge on any atom is 0.268 e. The third-order valence-corrected chi connectivity index (χ3v) is 10.8. The van der Waals surface area contributed by atoms with E-state index in [-0.39, 0.29) is 12.5 Å². The van der Waals surface area contributed by atoms with Crippen molar-refractivity contribution in [1.82, 2.24) is 5.32 Å². The molecule has 8 nitrogen and oxygen atoms in total. The zero-order valence-electron chi connectivity index (χ0n) is 38.9. The second kappa shape index (κ2) is 41.8. The second-order valence-electron chi connectivity index (χ2n) is 16.7. The van der Waals surface area contributed by atoms with Gasteiger partial charge in [-0.3, -0.25) is 9.36 Å². The molecule has 9 heteroatoms. The third-order valence-electron chi connectivity index (χ3n) is 9.80. The first-order valence-corrected chi connectivity index (χ1v) is 25.1. The molecule has 2 N–H and O–H groups in total. The Labute approximate surface area is 369 Å². The Morgan fingerprint density at radius 1 is 0.600 bits per heavy atom. The molecular weight excluding hydrogens is 768 g/mol. The average Bonchev–Trinajstić information content (AvgIpc) is 3.20. The van der Waals surface area contributed by atoms with Crippen LogP contribution in [0.15, 0.2) is 97.2 Å². The molecule has 0 rings (SSSR count). The van der Waals surface area contributed by atoms with Crippen molar-refractivity contribution < 1.29 is 32.9 Å². The molecule has 3 unspecified atom stereocenters. The van der Waals surface area contributed by atoms with Gasteiger partial charge in [-0.25, -0.2) is 0 Å². The quantitative estimate of drug-likeness (QED) is 0.0274. The first-order valence-electron chi connectivity index (χ1n) is 23.6. The van der Waals surface area contributed by atoms with Crippen LogP contribution in [0.3, 0.4) is 0 Å². The Bertz CT molecular complexity index is 1290. The average molecular weight is 857 g/mol. The van der Waals surface area contributed by atoms with Gasteiger partial charge in [-0.2, -0.15) is 0 Å². The number of rotatable bonds is 41. The van der Waals surface area contributed by atoms with Crippen LogP contribution in [-0.4, -0.2) is 68.5 Å². The number of aliphatic hydroxyl groups is 1. The summed E-state index contributed by atoms with van der Waals surface area (Å²) >= 11 is 0. The van der Waals surface area contributed by atoms with E-state index in [4.69, 9.17) is 9.05 Å². The van der Waals surface area contributed by atoms with Crippen molar-refractivity contribution >= 4 is 13.7 Å². The highest BCUT2D eigenvalue weighted by Crippen LogP contribution is 2.38. The lowest BCUT2D eigenvalue weighted by Crippen LogP contribution is -2.45. The number of amides is 1. The maximum atomic E-state index is 12.9. The summed E-state index contributed by atoms with van der Waals surface area (Å²) < 4.78 is 23.2. The highest BCUT2D eigenvalue weighted by atomic mass is 31.2. The van der Waals surface area contributed by atoms with Gasteiger partial charge in [0.25, 0.3) is 7.82 Å². The molecule has 0 heterocycles. The zero-order chi connectivity index (χ0) is 44.3. The van der Waals surface area contributed by atoms with Crippen molar-refractivity contribution in [2.24, 2.45) is 0 Å². The smallest absolute Gasteiger partial charge is 0.268 e. The predicted octanol–water partition coefficient (Wildman–Crippen LogP) is 12.9. The van der Waals surface area contributed by atoms with Crippen LogP contribution in [0, 0.1) is 0 Å². The van der Waals surface area contributed by atoms with E-state index in [9.17, 15) is 19.4 Å². The number of hydrogen-bond acceptors (Lipinski definition) is 6. The SMILES string of the molecule is CC/C=C\C/C=C\C/C=C\C/C=C\C/C=C\C/C=C\C/C=C\CCCCCC(=O)NC(COP(=O)([O-])OCC[N+](C)(C)C)C(O)/C=C/CCCCCCCCCCCCC. The molecule has 0 aliphatic rings. The minimum Gasteiger partial charge on any atom is -0.756 e. The molecule has 0 aromatic carbocycles. The number of nitrogens with zero attached hydrogens (tertiary/aromatic N) is 1. The Hall–Kier alpha value is -2.58. The van der Waals surface area contributed by atoms with Gasteiger partial charge in [0.1, 0.15) is 13.2 Å². The molecule has 0 saturated carbocycles. The molecule has 0 saturated heterocycles. The summed E-state index contributed by atoms with van der Waals surface area (Å²) in [5.41, 5.74) is 0. The van der Waals surface area contributed by atoms with Gasteiger partial charge in [-0.1, -0.05) is 182 Å². The van der Waals surface area contributed by atoms with Crippen LogP contribution in [0.2, 0.25) is 0 Å². The summed E-state index contributed by atoms with van der Waals surface area (Å²) in [6.07, 6.45) is 58.8. The summed E-state index contributed by atoms with van der Waals surface area (Å²) in [5, 5.41) is 13.8. The fourth-order valence-corrected chi connectivity index (χ4v) is 6.79. The first-order chi connectivity index (χ1) is 29.0. The predicted molar refractivity (Wildman–Crippen MR) is 256 cm³/mol. The number of carbonyl (C=O) groups excluding carboxylic acids is 1. The van der Waals surface area contributed by atoms with Crippen LogP contribution in [0.25, 0.3) is 0 Å². The number of carbonyl (C=O) groups is 1. The first kappa shape index (κ1) is 57.4. The van der Waals surface area contributed by atoms with Crippen molar-refractivity contribution in [2.45, 2.75) is 180 Å². The molecule has 0 bridgehead atoms. The number of unbranched alkanes of at least 4 members (excludes halogenated alkanes) is 14. The number of phosphoric acid groups is 1. The molecule has 60 heavy (non-hydrogen) atoms. The summed E-state index contributed by atoms with van der Waals surface area (Å²) in [6, 6.07) is -0.910. The number of phosphoric ester groups is 1. The molecule has 0 fully saturated rings. The van der Waals surface area contributed by atoms with Gasteiger partial charge in [0.2, 0.25) is 5.91 Å². The normalized spacial score (nSPS) is 15.1. The number of allylic oxidation sites excluding steroid dienone is 15. The lowest BCUT2D eigenvalue weighted by atomic mass is 10.0. The molecule has 0 aliphatic heterocycles. The zero-order valence-corrected chi connectivity index (χ0v) is 39.8. The molecule has 344 valence electrons. The van der Waals surface area contributed by atoms with Crippen LogP contribution in [-0.2, 0) is 18.4 Å². The summed E-state index contributed by atoms with van der Waals surface area (Å²) in [7, 11) is 1.22. The van der Waals surface area contributed by atoms with Crippen molar-refractivity contribution in [2.75, 3.05) is 40.9 Å². The van der Waals surface area contributed by atoms with Gasteiger partial charge in [-0.05, 0) is 77.0 Å². The van der Waals surface area contributed by atoms with E-state index in [0.717, 1.165) is 83.5 Å². The Morgan fingerprint density at radius 2 is 1.02 bits per heavy atom. The number of likely N-dealkylation sites (N-methyl/N-ethyl adjacent to an activating group) is 1.